The summed E-state index contributed by atoms with van der Waals surface area (Å²) in [4.78, 5) is 12.3. The second kappa shape index (κ2) is 9.62. The largest absolute Gasteiger partial charge is 0.494 e. The van der Waals surface area contributed by atoms with E-state index in [2.05, 4.69) is 34.7 Å². The predicted octanol–water partition coefficient (Wildman–Crippen LogP) is 4.12. The lowest BCUT2D eigenvalue weighted by atomic mass is 10.2. The fourth-order valence-corrected chi connectivity index (χ4v) is 3.77. The van der Waals surface area contributed by atoms with Gasteiger partial charge in [-0.05, 0) is 44.0 Å². The Morgan fingerprint density at radius 3 is 2.60 bits per heavy atom. The van der Waals surface area contributed by atoms with Crippen molar-refractivity contribution in [1.29, 1.82) is 0 Å². The first kappa shape index (κ1) is 19.5. The molecule has 0 fully saturated rings. The van der Waals surface area contributed by atoms with Gasteiger partial charge in [0.05, 0.1) is 11.9 Å². The summed E-state index contributed by atoms with van der Waals surface area (Å²) >= 11 is 2.87. The van der Waals surface area contributed by atoms with Crippen LogP contribution >= 0.6 is 23.1 Å². The maximum Gasteiger partial charge on any atom is 0.237 e. The van der Waals surface area contributed by atoms with Gasteiger partial charge in [-0.2, -0.15) is 0 Å². The van der Waals surface area contributed by atoms with Crippen molar-refractivity contribution < 1.29 is 9.53 Å². The number of hydrogen-bond acceptors (Lipinski definition) is 7. The van der Waals surface area contributed by atoms with E-state index >= 15 is 0 Å². The SMILES string of the molecule is CCOc1ccc(NC(=O)[C@H](C)Sc2nnc(NCC(C)C)s2)cc1. The first-order valence-electron chi connectivity index (χ1n) is 8.25. The van der Waals surface area contributed by atoms with E-state index in [0.29, 0.717) is 12.5 Å². The van der Waals surface area contributed by atoms with Gasteiger partial charge in [0.15, 0.2) is 4.34 Å². The monoisotopic (exact) mass is 380 g/mol. The van der Waals surface area contributed by atoms with Crippen molar-refractivity contribution in [3.8, 4) is 5.75 Å². The first-order chi connectivity index (χ1) is 12.0. The quantitative estimate of drug-likeness (QED) is 0.637. The third kappa shape index (κ3) is 6.55. The van der Waals surface area contributed by atoms with Gasteiger partial charge in [-0.15, -0.1) is 10.2 Å². The summed E-state index contributed by atoms with van der Waals surface area (Å²) in [6.07, 6.45) is 0. The van der Waals surface area contributed by atoms with Crippen molar-refractivity contribution in [3.05, 3.63) is 24.3 Å². The van der Waals surface area contributed by atoms with E-state index in [-0.39, 0.29) is 11.2 Å². The van der Waals surface area contributed by atoms with Crippen LogP contribution in [0.4, 0.5) is 10.8 Å². The molecule has 0 bridgehead atoms. The van der Waals surface area contributed by atoms with E-state index in [1.165, 1.54) is 23.1 Å². The zero-order valence-corrected chi connectivity index (χ0v) is 16.5. The van der Waals surface area contributed by atoms with E-state index in [1.807, 2.05) is 38.1 Å². The molecule has 0 aliphatic carbocycles. The van der Waals surface area contributed by atoms with Gasteiger partial charge in [-0.1, -0.05) is 36.9 Å². The molecule has 25 heavy (non-hydrogen) atoms. The Hall–Kier alpha value is -1.80. The van der Waals surface area contributed by atoms with Crippen LogP contribution in [0.25, 0.3) is 0 Å². The summed E-state index contributed by atoms with van der Waals surface area (Å²) in [5.74, 6) is 1.26. The van der Waals surface area contributed by atoms with Gasteiger partial charge >= 0.3 is 0 Å². The molecule has 0 aliphatic rings. The molecule has 136 valence electrons. The maximum atomic E-state index is 12.3. The molecular weight excluding hydrogens is 356 g/mol. The molecule has 1 amide bonds. The highest BCUT2D eigenvalue weighted by molar-refractivity contribution is 8.02. The Morgan fingerprint density at radius 2 is 1.96 bits per heavy atom. The van der Waals surface area contributed by atoms with E-state index in [9.17, 15) is 4.79 Å². The number of nitrogens with one attached hydrogen (secondary N) is 2. The van der Waals surface area contributed by atoms with Gasteiger partial charge in [-0.3, -0.25) is 4.79 Å². The zero-order valence-electron chi connectivity index (χ0n) is 14.9. The van der Waals surface area contributed by atoms with Crippen molar-refractivity contribution in [2.75, 3.05) is 23.8 Å². The third-order valence-electron chi connectivity index (χ3n) is 3.15. The van der Waals surface area contributed by atoms with Crippen LogP contribution in [0.2, 0.25) is 0 Å². The molecule has 0 aliphatic heterocycles. The topological polar surface area (TPSA) is 76.1 Å². The number of aromatic nitrogens is 2. The van der Waals surface area contributed by atoms with Crippen LogP contribution in [0.5, 0.6) is 5.75 Å². The Kier molecular flexibility index (Phi) is 7.52. The van der Waals surface area contributed by atoms with Gasteiger partial charge in [0.2, 0.25) is 11.0 Å². The smallest absolute Gasteiger partial charge is 0.237 e. The van der Waals surface area contributed by atoms with Crippen LogP contribution in [0.1, 0.15) is 27.7 Å². The van der Waals surface area contributed by atoms with Crippen molar-refractivity contribution in [2.24, 2.45) is 5.92 Å². The minimum atomic E-state index is -0.266. The molecule has 0 saturated heterocycles. The summed E-state index contributed by atoms with van der Waals surface area (Å²) in [6.45, 7) is 9.54. The molecule has 8 heteroatoms. The number of benzene rings is 1. The van der Waals surface area contributed by atoms with E-state index in [0.717, 1.165) is 27.5 Å². The lowest BCUT2D eigenvalue weighted by molar-refractivity contribution is -0.115. The molecule has 2 aromatic rings. The van der Waals surface area contributed by atoms with Crippen LogP contribution in [-0.4, -0.2) is 34.5 Å². The number of carbonyl (C=O) groups is 1. The molecule has 0 saturated carbocycles. The van der Waals surface area contributed by atoms with Crippen molar-refractivity contribution in [3.63, 3.8) is 0 Å². The van der Waals surface area contributed by atoms with Crippen LogP contribution in [-0.2, 0) is 4.79 Å². The molecule has 0 spiro atoms. The average Bonchev–Trinajstić information content (AvgIpc) is 3.02. The van der Waals surface area contributed by atoms with E-state index < -0.39 is 0 Å². The third-order valence-corrected chi connectivity index (χ3v) is 5.21. The summed E-state index contributed by atoms with van der Waals surface area (Å²) in [6, 6.07) is 7.35. The van der Waals surface area contributed by atoms with Crippen LogP contribution in [0.15, 0.2) is 28.6 Å². The molecule has 0 radical (unpaired) electrons. The number of thioether (sulfide) groups is 1. The van der Waals surface area contributed by atoms with Gasteiger partial charge in [-0.25, -0.2) is 0 Å². The lowest BCUT2D eigenvalue weighted by Gasteiger charge is -2.11. The fraction of sp³-hybridized carbons (Fsp3) is 0.471. The number of rotatable bonds is 9. The summed E-state index contributed by atoms with van der Waals surface area (Å²) in [5.41, 5.74) is 0.748. The normalized spacial score (nSPS) is 12.0. The van der Waals surface area contributed by atoms with Crippen molar-refractivity contribution in [1.82, 2.24) is 10.2 Å². The molecule has 1 aromatic carbocycles. The van der Waals surface area contributed by atoms with Crippen LogP contribution in [0, 0.1) is 5.92 Å². The second-order valence-electron chi connectivity index (χ2n) is 5.85. The Morgan fingerprint density at radius 1 is 1.24 bits per heavy atom. The molecule has 2 N–H and O–H groups in total. The lowest BCUT2D eigenvalue weighted by Crippen LogP contribution is -2.22. The predicted molar refractivity (Wildman–Crippen MR) is 105 cm³/mol. The minimum Gasteiger partial charge on any atom is -0.494 e. The highest BCUT2D eigenvalue weighted by Gasteiger charge is 2.17. The van der Waals surface area contributed by atoms with Gasteiger partial charge in [0.25, 0.3) is 0 Å². The highest BCUT2D eigenvalue weighted by Crippen LogP contribution is 2.29. The Balaban J connectivity index is 1.85. The number of hydrogen-bond donors (Lipinski definition) is 2. The molecule has 1 atom stereocenters. The maximum absolute atomic E-state index is 12.3. The fourth-order valence-electron chi connectivity index (χ4n) is 1.87. The standard InChI is InChI=1S/C17H24N4O2S2/c1-5-23-14-8-6-13(7-9-14)19-15(22)12(4)24-17-21-20-16(25-17)18-10-11(2)3/h6-9,11-12H,5,10H2,1-4H3,(H,18,20)(H,19,22)/t12-/m0/s1. The minimum absolute atomic E-state index is 0.0685. The van der Waals surface area contributed by atoms with Crippen LogP contribution in [0.3, 0.4) is 0 Å². The van der Waals surface area contributed by atoms with E-state index in [4.69, 9.17) is 4.74 Å². The molecule has 0 unspecified atom stereocenters. The molecule has 6 nitrogen and oxygen atoms in total. The number of amides is 1. The van der Waals surface area contributed by atoms with Crippen molar-refractivity contribution >= 4 is 39.8 Å². The van der Waals surface area contributed by atoms with E-state index in [1.54, 1.807) is 0 Å². The summed E-state index contributed by atoms with van der Waals surface area (Å²) in [5, 5.41) is 14.9. The number of ether oxygens (including phenoxy) is 1. The molecule has 1 aromatic heterocycles. The molecular formula is C17H24N4O2S2. The zero-order chi connectivity index (χ0) is 18.2. The summed E-state index contributed by atoms with van der Waals surface area (Å²) in [7, 11) is 0. The molecule has 1 heterocycles. The second-order valence-corrected chi connectivity index (χ2v) is 8.42. The average molecular weight is 381 g/mol. The molecule has 2 rings (SSSR count). The van der Waals surface area contributed by atoms with Gasteiger partial charge in [0.1, 0.15) is 5.75 Å². The number of anilines is 2. The van der Waals surface area contributed by atoms with Crippen LogP contribution < -0.4 is 15.4 Å². The first-order valence-corrected chi connectivity index (χ1v) is 9.95. The van der Waals surface area contributed by atoms with Crippen molar-refractivity contribution in [2.45, 2.75) is 37.3 Å². The number of nitrogens with zero attached hydrogens (tertiary/aromatic N) is 2. The number of carbonyl (C=O) groups excluding carboxylic acids is 1. The summed E-state index contributed by atoms with van der Waals surface area (Å²) < 4.78 is 6.17. The van der Waals surface area contributed by atoms with Gasteiger partial charge < -0.3 is 15.4 Å². The Labute approximate surface area is 156 Å². The highest BCUT2D eigenvalue weighted by atomic mass is 32.2. The Bertz CT molecular complexity index is 674. The van der Waals surface area contributed by atoms with Gasteiger partial charge in [0, 0.05) is 12.2 Å².